The van der Waals surface area contributed by atoms with Gasteiger partial charge in [0.2, 0.25) is 0 Å². The second kappa shape index (κ2) is 5.71. The normalized spacial score (nSPS) is 22.1. The molecule has 19 heavy (non-hydrogen) atoms. The fraction of sp³-hybridized carbons (Fsp3) is 0.385. The SMILES string of the molecule is O=C(O)Cc1ccc(O[C@@H]2CN[C@H](C(=O)O)C2)cc1. The van der Waals surface area contributed by atoms with Crippen LogP contribution in [0.5, 0.6) is 5.75 Å². The van der Waals surface area contributed by atoms with E-state index < -0.39 is 18.0 Å². The van der Waals surface area contributed by atoms with Crippen LogP contribution in [0, 0.1) is 0 Å². The summed E-state index contributed by atoms with van der Waals surface area (Å²) in [6, 6.07) is 6.23. The molecule has 1 heterocycles. The molecule has 102 valence electrons. The lowest BCUT2D eigenvalue weighted by molar-refractivity contribution is -0.139. The standard InChI is InChI=1S/C13H15NO5/c15-12(16)5-8-1-3-9(4-2-8)19-10-6-11(13(17)18)14-7-10/h1-4,10-11,14H,5-7H2,(H,15,16)(H,17,18)/t10-,11-/m0/s1. The quantitative estimate of drug-likeness (QED) is 0.717. The summed E-state index contributed by atoms with van der Waals surface area (Å²) in [5.41, 5.74) is 0.702. The number of hydrogen-bond acceptors (Lipinski definition) is 4. The van der Waals surface area contributed by atoms with Gasteiger partial charge in [-0.3, -0.25) is 9.59 Å². The maximum atomic E-state index is 10.8. The van der Waals surface area contributed by atoms with E-state index in [4.69, 9.17) is 14.9 Å². The van der Waals surface area contributed by atoms with E-state index in [9.17, 15) is 9.59 Å². The Morgan fingerprint density at radius 2 is 1.95 bits per heavy atom. The van der Waals surface area contributed by atoms with Crippen molar-refractivity contribution < 1.29 is 24.5 Å². The topological polar surface area (TPSA) is 95.9 Å². The van der Waals surface area contributed by atoms with Gasteiger partial charge in [-0.25, -0.2) is 0 Å². The van der Waals surface area contributed by atoms with E-state index in [1.54, 1.807) is 24.3 Å². The lowest BCUT2D eigenvalue weighted by Crippen LogP contribution is -2.30. The number of nitrogens with one attached hydrogen (secondary N) is 1. The Bertz CT molecular complexity index is 470. The first-order valence-corrected chi connectivity index (χ1v) is 5.98. The van der Waals surface area contributed by atoms with Crippen molar-refractivity contribution in [1.82, 2.24) is 5.32 Å². The molecule has 1 aliphatic rings. The molecule has 0 bridgehead atoms. The lowest BCUT2D eigenvalue weighted by Gasteiger charge is -2.12. The third-order valence-electron chi connectivity index (χ3n) is 2.97. The molecule has 2 atom stereocenters. The van der Waals surface area contributed by atoms with Crippen molar-refractivity contribution in [2.24, 2.45) is 0 Å². The van der Waals surface area contributed by atoms with Crippen molar-refractivity contribution in [3.63, 3.8) is 0 Å². The van der Waals surface area contributed by atoms with Crippen LogP contribution >= 0.6 is 0 Å². The minimum absolute atomic E-state index is 0.0215. The van der Waals surface area contributed by atoms with Gasteiger partial charge in [-0.05, 0) is 17.7 Å². The first-order valence-electron chi connectivity index (χ1n) is 5.98. The zero-order valence-corrected chi connectivity index (χ0v) is 10.2. The van der Waals surface area contributed by atoms with Gasteiger partial charge in [0.25, 0.3) is 0 Å². The van der Waals surface area contributed by atoms with Crippen molar-refractivity contribution in [2.75, 3.05) is 6.54 Å². The van der Waals surface area contributed by atoms with Crippen LogP contribution in [0.2, 0.25) is 0 Å². The van der Waals surface area contributed by atoms with Crippen molar-refractivity contribution in [1.29, 1.82) is 0 Å². The second-order valence-electron chi connectivity index (χ2n) is 4.49. The van der Waals surface area contributed by atoms with E-state index in [1.165, 1.54) is 0 Å². The Morgan fingerprint density at radius 3 is 2.47 bits per heavy atom. The highest BCUT2D eigenvalue weighted by molar-refractivity contribution is 5.74. The Kier molecular flexibility index (Phi) is 4.01. The molecular weight excluding hydrogens is 250 g/mol. The largest absolute Gasteiger partial charge is 0.489 e. The highest BCUT2D eigenvalue weighted by atomic mass is 16.5. The van der Waals surface area contributed by atoms with E-state index in [0.29, 0.717) is 24.3 Å². The van der Waals surface area contributed by atoms with Crippen LogP contribution in [-0.2, 0) is 16.0 Å². The molecule has 0 unspecified atom stereocenters. The van der Waals surface area contributed by atoms with Crippen LogP contribution in [0.3, 0.4) is 0 Å². The van der Waals surface area contributed by atoms with Gasteiger partial charge >= 0.3 is 11.9 Å². The molecule has 1 saturated heterocycles. The summed E-state index contributed by atoms with van der Waals surface area (Å²) >= 11 is 0. The molecule has 3 N–H and O–H groups in total. The summed E-state index contributed by atoms with van der Waals surface area (Å²) in [7, 11) is 0. The molecule has 1 aromatic rings. The molecule has 0 radical (unpaired) electrons. The Morgan fingerprint density at radius 1 is 1.26 bits per heavy atom. The molecule has 1 aliphatic heterocycles. The molecule has 6 nitrogen and oxygen atoms in total. The highest BCUT2D eigenvalue weighted by Gasteiger charge is 2.30. The summed E-state index contributed by atoms with van der Waals surface area (Å²) in [6.45, 7) is 0.494. The van der Waals surface area contributed by atoms with Gasteiger partial charge in [-0.2, -0.15) is 0 Å². The van der Waals surface area contributed by atoms with E-state index in [0.717, 1.165) is 0 Å². The molecule has 0 spiro atoms. The van der Waals surface area contributed by atoms with Crippen LogP contribution in [0.15, 0.2) is 24.3 Å². The highest BCUT2D eigenvalue weighted by Crippen LogP contribution is 2.18. The van der Waals surface area contributed by atoms with Gasteiger partial charge in [0.1, 0.15) is 17.9 Å². The average Bonchev–Trinajstić information content (AvgIpc) is 2.80. The third-order valence-corrected chi connectivity index (χ3v) is 2.97. The molecule has 2 rings (SSSR count). The maximum absolute atomic E-state index is 10.8. The number of hydrogen-bond donors (Lipinski definition) is 3. The van der Waals surface area contributed by atoms with Gasteiger partial charge in [-0.1, -0.05) is 12.1 Å². The Labute approximate surface area is 110 Å². The minimum Gasteiger partial charge on any atom is -0.489 e. The zero-order chi connectivity index (χ0) is 13.8. The number of ether oxygens (including phenoxy) is 1. The first-order chi connectivity index (χ1) is 9.04. The second-order valence-corrected chi connectivity index (χ2v) is 4.49. The number of aliphatic carboxylic acids is 2. The van der Waals surface area contributed by atoms with Gasteiger partial charge in [0.15, 0.2) is 0 Å². The fourth-order valence-electron chi connectivity index (χ4n) is 2.03. The number of carboxylic acids is 2. The van der Waals surface area contributed by atoms with Crippen LogP contribution in [-0.4, -0.2) is 40.8 Å². The molecule has 1 fully saturated rings. The van der Waals surface area contributed by atoms with E-state index in [1.807, 2.05) is 0 Å². The van der Waals surface area contributed by atoms with Crippen LogP contribution in [0.4, 0.5) is 0 Å². The summed E-state index contributed by atoms with van der Waals surface area (Å²) < 4.78 is 5.64. The number of carboxylic acid groups (broad SMARTS) is 2. The molecule has 0 aliphatic carbocycles. The summed E-state index contributed by atoms with van der Waals surface area (Å²) in [5, 5.41) is 20.4. The van der Waals surface area contributed by atoms with Gasteiger partial charge in [-0.15, -0.1) is 0 Å². The minimum atomic E-state index is -0.877. The lowest BCUT2D eigenvalue weighted by atomic mass is 10.1. The smallest absolute Gasteiger partial charge is 0.320 e. The van der Waals surface area contributed by atoms with Crippen molar-refractivity contribution >= 4 is 11.9 Å². The Balaban J connectivity index is 1.90. The summed E-state index contributed by atoms with van der Waals surface area (Å²) in [5.74, 6) is -1.13. The van der Waals surface area contributed by atoms with E-state index >= 15 is 0 Å². The monoisotopic (exact) mass is 265 g/mol. The van der Waals surface area contributed by atoms with Crippen molar-refractivity contribution in [3.05, 3.63) is 29.8 Å². The van der Waals surface area contributed by atoms with Crippen molar-refractivity contribution in [3.8, 4) is 5.75 Å². The van der Waals surface area contributed by atoms with Crippen LogP contribution in [0.1, 0.15) is 12.0 Å². The first kappa shape index (κ1) is 13.4. The fourth-order valence-corrected chi connectivity index (χ4v) is 2.03. The molecule has 0 aromatic heterocycles. The predicted octanol–water partition coefficient (Wildman–Crippen LogP) is 0.508. The predicted molar refractivity (Wildman–Crippen MR) is 66.2 cm³/mol. The summed E-state index contributed by atoms with van der Waals surface area (Å²) in [6.07, 6.45) is 0.227. The molecule has 0 saturated carbocycles. The molecular formula is C13H15NO5. The van der Waals surface area contributed by atoms with E-state index in [2.05, 4.69) is 5.32 Å². The number of benzene rings is 1. The molecule has 0 amide bonds. The molecule has 6 heteroatoms. The maximum Gasteiger partial charge on any atom is 0.320 e. The van der Waals surface area contributed by atoms with Gasteiger partial charge in [0, 0.05) is 13.0 Å². The third kappa shape index (κ3) is 3.69. The van der Waals surface area contributed by atoms with Gasteiger partial charge in [0.05, 0.1) is 6.42 Å². The summed E-state index contributed by atoms with van der Waals surface area (Å²) in [4.78, 5) is 21.3. The number of carbonyl (C=O) groups is 2. The van der Waals surface area contributed by atoms with Crippen LogP contribution < -0.4 is 10.1 Å². The number of rotatable bonds is 5. The molecule has 1 aromatic carbocycles. The average molecular weight is 265 g/mol. The van der Waals surface area contributed by atoms with E-state index in [-0.39, 0.29) is 12.5 Å². The van der Waals surface area contributed by atoms with Gasteiger partial charge < -0.3 is 20.3 Å². The van der Waals surface area contributed by atoms with Crippen LogP contribution in [0.25, 0.3) is 0 Å². The zero-order valence-electron chi connectivity index (χ0n) is 10.2. The van der Waals surface area contributed by atoms with Crippen molar-refractivity contribution in [2.45, 2.75) is 25.0 Å². The Hall–Kier alpha value is -2.08.